The van der Waals surface area contributed by atoms with Crippen molar-refractivity contribution in [2.24, 2.45) is 0 Å². The maximum atomic E-state index is 10.8. The summed E-state index contributed by atoms with van der Waals surface area (Å²) in [5.74, 6) is 2.19. The van der Waals surface area contributed by atoms with Crippen LogP contribution in [-0.4, -0.2) is 63.4 Å². The molecule has 0 spiro atoms. The van der Waals surface area contributed by atoms with Gasteiger partial charge in [0.05, 0.1) is 12.1 Å². The molecule has 0 amide bonds. The lowest BCUT2D eigenvalue weighted by Crippen LogP contribution is -2.51. The molecule has 140 valence electrons. The van der Waals surface area contributed by atoms with Gasteiger partial charge in [-0.25, -0.2) is 0 Å². The Morgan fingerprint density at radius 3 is 2.76 bits per heavy atom. The first-order valence-corrected chi connectivity index (χ1v) is 10.1. The van der Waals surface area contributed by atoms with Crippen molar-refractivity contribution in [3.8, 4) is 0 Å². The number of likely N-dealkylation sites (tertiary alicyclic amines) is 1. The number of likely N-dealkylation sites (N-methyl/N-ethyl adjacent to an activating group) is 1. The van der Waals surface area contributed by atoms with Gasteiger partial charge in [-0.1, -0.05) is 24.4 Å². The Kier molecular flexibility index (Phi) is 5.11. The van der Waals surface area contributed by atoms with Gasteiger partial charge in [0.2, 0.25) is 5.89 Å². The van der Waals surface area contributed by atoms with Gasteiger partial charge in [-0.15, -0.1) is 0 Å². The number of piperidine rings is 1. The number of hydrogen-bond acceptors (Lipinski definition) is 6. The van der Waals surface area contributed by atoms with E-state index in [0.717, 1.165) is 50.7 Å². The minimum Gasteiger partial charge on any atom is -0.389 e. The fourth-order valence-electron chi connectivity index (χ4n) is 4.52. The first-order chi connectivity index (χ1) is 12.1. The van der Waals surface area contributed by atoms with E-state index in [9.17, 15) is 5.11 Å². The number of aliphatic hydroxyl groups is 1. The van der Waals surface area contributed by atoms with Crippen molar-refractivity contribution in [2.75, 3.05) is 26.7 Å². The highest BCUT2D eigenvalue weighted by Crippen LogP contribution is 2.39. The van der Waals surface area contributed by atoms with Gasteiger partial charge >= 0.3 is 0 Å². The topological polar surface area (TPSA) is 65.6 Å². The lowest BCUT2D eigenvalue weighted by molar-refractivity contribution is -0.0366. The molecule has 2 saturated carbocycles. The van der Waals surface area contributed by atoms with Gasteiger partial charge < -0.3 is 9.63 Å². The molecular weight excluding hydrogens is 316 g/mol. The summed E-state index contributed by atoms with van der Waals surface area (Å²) < 4.78 is 5.39. The lowest BCUT2D eigenvalue weighted by Gasteiger charge is -2.42. The van der Waals surface area contributed by atoms with Gasteiger partial charge in [0.1, 0.15) is 0 Å². The average Bonchev–Trinajstić information content (AvgIpc) is 3.35. The van der Waals surface area contributed by atoms with Crippen LogP contribution in [0.5, 0.6) is 0 Å². The van der Waals surface area contributed by atoms with Crippen LogP contribution in [0.25, 0.3) is 0 Å². The van der Waals surface area contributed by atoms with E-state index in [1.807, 2.05) is 0 Å². The minimum absolute atomic E-state index is 0.470. The first-order valence-electron chi connectivity index (χ1n) is 10.1. The molecule has 4 rings (SSSR count). The molecule has 0 aromatic carbocycles. The maximum Gasteiger partial charge on any atom is 0.229 e. The first kappa shape index (κ1) is 17.4. The van der Waals surface area contributed by atoms with Gasteiger partial charge in [-0.2, -0.15) is 4.98 Å². The normalized spacial score (nSPS) is 27.7. The summed E-state index contributed by atoms with van der Waals surface area (Å²) in [4.78, 5) is 9.40. The molecule has 1 atom stereocenters. The number of rotatable bonds is 6. The fourth-order valence-corrected chi connectivity index (χ4v) is 4.52. The predicted molar refractivity (Wildman–Crippen MR) is 95.2 cm³/mol. The van der Waals surface area contributed by atoms with Crippen LogP contribution in [-0.2, 0) is 6.54 Å². The third kappa shape index (κ3) is 4.41. The number of aromatic nitrogens is 2. The molecule has 2 heterocycles. The Balaban J connectivity index is 1.30. The van der Waals surface area contributed by atoms with Gasteiger partial charge in [0.25, 0.3) is 0 Å². The van der Waals surface area contributed by atoms with E-state index < -0.39 is 5.60 Å². The molecule has 1 aromatic heterocycles. The third-order valence-corrected chi connectivity index (χ3v) is 6.21. The summed E-state index contributed by atoms with van der Waals surface area (Å²) >= 11 is 0. The smallest absolute Gasteiger partial charge is 0.229 e. The van der Waals surface area contributed by atoms with E-state index in [1.165, 1.54) is 44.9 Å². The molecule has 1 saturated heterocycles. The molecule has 1 aromatic rings. The van der Waals surface area contributed by atoms with Crippen LogP contribution in [0, 0.1) is 0 Å². The maximum absolute atomic E-state index is 10.8. The summed E-state index contributed by atoms with van der Waals surface area (Å²) in [6.45, 7) is 3.71. The van der Waals surface area contributed by atoms with E-state index in [0.29, 0.717) is 12.0 Å². The molecule has 0 unspecified atom stereocenters. The van der Waals surface area contributed by atoms with E-state index in [2.05, 4.69) is 27.0 Å². The molecule has 0 bridgehead atoms. The minimum atomic E-state index is -0.470. The Bertz CT molecular complexity index is 566. The highest BCUT2D eigenvalue weighted by Gasteiger charge is 2.34. The molecule has 25 heavy (non-hydrogen) atoms. The number of nitrogens with zero attached hydrogens (tertiary/aromatic N) is 4. The van der Waals surface area contributed by atoms with Crippen LogP contribution < -0.4 is 0 Å². The zero-order valence-corrected chi connectivity index (χ0v) is 15.5. The van der Waals surface area contributed by atoms with Gasteiger partial charge in [0, 0.05) is 25.0 Å². The van der Waals surface area contributed by atoms with Crippen molar-refractivity contribution in [3.63, 3.8) is 0 Å². The standard InChI is InChI=1S/C19H32N4O2/c1-22(14-19(24)9-3-2-4-10-19)16-6-5-11-23(12-16)13-17-20-18(25-21-17)15-7-8-15/h15-16,24H,2-14H2,1H3/t16-/m0/s1. The molecule has 0 radical (unpaired) electrons. The molecule has 2 aliphatic carbocycles. The summed E-state index contributed by atoms with van der Waals surface area (Å²) in [5, 5.41) is 15.0. The zero-order valence-electron chi connectivity index (χ0n) is 15.5. The van der Waals surface area contributed by atoms with Crippen LogP contribution in [0.4, 0.5) is 0 Å². The molecular formula is C19H32N4O2. The van der Waals surface area contributed by atoms with E-state index in [4.69, 9.17) is 4.52 Å². The van der Waals surface area contributed by atoms with Crippen molar-refractivity contribution in [1.29, 1.82) is 0 Å². The van der Waals surface area contributed by atoms with Crippen molar-refractivity contribution in [1.82, 2.24) is 19.9 Å². The Morgan fingerprint density at radius 1 is 1.20 bits per heavy atom. The summed E-state index contributed by atoms with van der Waals surface area (Å²) in [6.07, 6.45) is 10.3. The van der Waals surface area contributed by atoms with Crippen molar-refractivity contribution in [3.05, 3.63) is 11.7 Å². The molecule has 1 N–H and O–H groups in total. The van der Waals surface area contributed by atoms with Crippen molar-refractivity contribution >= 4 is 0 Å². The van der Waals surface area contributed by atoms with Crippen LogP contribution in [0.3, 0.4) is 0 Å². The Labute approximate surface area is 150 Å². The SMILES string of the molecule is CN(CC1(O)CCCCC1)[C@H]1CCCN(Cc2noc(C3CC3)n2)C1. The molecule has 6 nitrogen and oxygen atoms in total. The van der Waals surface area contributed by atoms with Crippen LogP contribution in [0.1, 0.15) is 75.4 Å². The largest absolute Gasteiger partial charge is 0.389 e. The van der Waals surface area contributed by atoms with Gasteiger partial charge in [-0.3, -0.25) is 9.80 Å². The third-order valence-electron chi connectivity index (χ3n) is 6.21. The second kappa shape index (κ2) is 7.33. The predicted octanol–water partition coefficient (Wildman–Crippen LogP) is 2.54. The van der Waals surface area contributed by atoms with E-state index in [-0.39, 0.29) is 0 Å². The molecule has 6 heteroatoms. The second-order valence-corrected chi connectivity index (χ2v) is 8.55. The monoisotopic (exact) mass is 348 g/mol. The van der Waals surface area contributed by atoms with Gasteiger partial charge in [-0.05, 0) is 52.1 Å². The van der Waals surface area contributed by atoms with Crippen LogP contribution in [0.15, 0.2) is 4.52 Å². The molecule has 3 aliphatic rings. The molecule has 3 fully saturated rings. The summed E-state index contributed by atoms with van der Waals surface area (Å²) in [5.41, 5.74) is -0.470. The van der Waals surface area contributed by atoms with Crippen molar-refractivity contribution < 1.29 is 9.63 Å². The van der Waals surface area contributed by atoms with Crippen LogP contribution >= 0.6 is 0 Å². The Hall–Kier alpha value is -0.980. The number of hydrogen-bond donors (Lipinski definition) is 1. The van der Waals surface area contributed by atoms with Crippen molar-refractivity contribution in [2.45, 2.75) is 81.9 Å². The fraction of sp³-hybridized carbons (Fsp3) is 0.895. The Morgan fingerprint density at radius 2 is 2.00 bits per heavy atom. The van der Waals surface area contributed by atoms with Gasteiger partial charge in [0.15, 0.2) is 5.82 Å². The highest BCUT2D eigenvalue weighted by molar-refractivity contribution is 5.02. The van der Waals surface area contributed by atoms with Crippen LogP contribution in [0.2, 0.25) is 0 Å². The molecule has 1 aliphatic heterocycles. The zero-order chi connectivity index (χ0) is 17.3. The highest BCUT2D eigenvalue weighted by atomic mass is 16.5. The summed E-state index contributed by atoms with van der Waals surface area (Å²) in [7, 11) is 2.18. The quantitative estimate of drug-likeness (QED) is 0.852. The average molecular weight is 348 g/mol. The summed E-state index contributed by atoms with van der Waals surface area (Å²) in [6, 6.07) is 0.509. The second-order valence-electron chi connectivity index (χ2n) is 8.55. The van der Waals surface area contributed by atoms with E-state index >= 15 is 0 Å². The lowest BCUT2D eigenvalue weighted by atomic mass is 9.84. The van der Waals surface area contributed by atoms with E-state index in [1.54, 1.807) is 0 Å².